The number of hydrogen-bond donors (Lipinski definition) is 1. The van der Waals surface area contributed by atoms with Crippen LogP contribution in [0, 0.1) is 5.82 Å². The van der Waals surface area contributed by atoms with Gasteiger partial charge in [-0.3, -0.25) is 9.69 Å². The van der Waals surface area contributed by atoms with Crippen molar-refractivity contribution >= 4 is 11.6 Å². The number of nitrogens with one attached hydrogen (secondary N) is 1. The van der Waals surface area contributed by atoms with Crippen molar-refractivity contribution in [3.8, 4) is 11.4 Å². The van der Waals surface area contributed by atoms with Gasteiger partial charge in [0, 0.05) is 31.6 Å². The molecule has 1 aromatic heterocycles. The highest BCUT2D eigenvalue weighted by atomic mass is 35.5. The van der Waals surface area contributed by atoms with Gasteiger partial charge in [-0.25, -0.2) is 9.37 Å². The molecule has 1 N–H and O–H groups in total. The number of fused-ring (bicyclic) bond motifs is 1. The van der Waals surface area contributed by atoms with Gasteiger partial charge in [0.15, 0.2) is 0 Å². The summed E-state index contributed by atoms with van der Waals surface area (Å²) in [6, 6.07) is 14.4. The molecule has 0 fully saturated rings. The first-order valence-electron chi connectivity index (χ1n) is 8.44. The molecule has 0 radical (unpaired) electrons. The van der Waals surface area contributed by atoms with Crippen molar-refractivity contribution in [3.63, 3.8) is 0 Å². The van der Waals surface area contributed by atoms with Gasteiger partial charge in [-0.15, -0.1) is 0 Å². The number of H-pyrrole nitrogens is 1. The van der Waals surface area contributed by atoms with Gasteiger partial charge in [0.05, 0.1) is 16.3 Å². The van der Waals surface area contributed by atoms with Crippen LogP contribution in [0.2, 0.25) is 5.02 Å². The minimum atomic E-state index is -0.423. The SMILES string of the molecule is O=c1[nH]c(-c2ccccc2)nc2c1CN(Cc1ccc(Cl)c(F)c1)CC2. The van der Waals surface area contributed by atoms with E-state index in [2.05, 4.69) is 14.9 Å². The molecular weight excluding hydrogens is 353 g/mol. The molecule has 1 aliphatic rings. The second kappa shape index (κ2) is 7.02. The van der Waals surface area contributed by atoms with E-state index in [-0.39, 0.29) is 10.6 Å². The van der Waals surface area contributed by atoms with Gasteiger partial charge in [-0.1, -0.05) is 48.0 Å². The summed E-state index contributed by atoms with van der Waals surface area (Å²) in [7, 11) is 0. The van der Waals surface area contributed by atoms with Crippen LogP contribution in [-0.4, -0.2) is 21.4 Å². The minimum absolute atomic E-state index is 0.110. The fourth-order valence-electron chi connectivity index (χ4n) is 3.24. The van der Waals surface area contributed by atoms with Crippen LogP contribution in [0.1, 0.15) is 16.8 Å². The molecule has 132 valence electrons. The van der Waals surface area contributed by atoms with E-state index in [1.165, 1.54) is 6.07 Å². The summed E-state index contributed by atoms with van der Waals surface area (Å²) in [4.78, 5) is 22.2. The Balaban J connectivity index is 1.57. The zero-order chi connectivity index (χ0) is 18.1. The topological polar surface area (TPSA) is 49.0 Å². The number of rotatable bonds is 3. The van der Waals surface area contributed by atoms with Crippen LogP contribution < -0.4 is 5.56 Å². The molecule has 3 aromatic rings. The molecular formula is C20H17ClFN3O. The summed E-state index contributed by atoms with van der Waals surface area (Å²) in [6.45, 7) is 1.83. The molecule has 0 saturated carbocycles. The Hall–Kier alpha value is -2.50. The first-order chi connectivity index (χ1) is 12.6. The van der Waals surface area contributed by atoms with E-state index in [0.29, 0.717) is 30.9 Å². The molecule has 0 bridgehead atoms. The first kappa shape index (κ1) is 16.9. The third kappa shape index (κ3) is 3.41. The van der Waals surface area contributed by atoms with E-state index in [1.807, 2.05) is 36.4 Å². The predicted molar refractivity (Wildman–Crippen MR) is 99.5 cm³/mol. The third-order valence-electron chi connectivity index (χ3n) is 4.59. The van der Waals surface area contributed by atoms with E-state index in [4.69, 9.17) is 11.6 Å². The number of hydrogen-bond acceptors (Lipinski definition) is 3. The highest BCUT2D eigenvalue weighted by Gasteiger charge is 2.21. The van der Waals surface area contributed by atoms with E-state index in [1.54, 1.807) is 6.07 Å². The van der Waals surface area contributed by atoms with Crippen molar-refractivity contribution in [1.29, 1.82) is 0 Å². The van der Waals surface area contributed by atoms with Gasteiger partial charge < -0.3 is 4.98 Å². The Morgan fingerprint density at radius 1 is 1.19 bits per heavy atom. The number of halogens is 2. The van der Waals surface area contributed by atoms with Crippen LogP contribution in [0.4, 0.5) is 4.39 Å². The van der Waals surface area contributed by atoms with Gasteiger partial charge in [0.2, 0.25) is 0 Å². The number of aromatic amines is 1. The summed E-state index contributed by atoms with van der Waals surface area (Å²) >= 11 is 5.73. The smallest absolute Gasteiger partial charge is 0.255 e. The Kier molecular flexibility index (Phi) is 4.57. The van der Waals surface area contributed by atoms with Crippen LogP contribution in [0.5, 0.6) is 0 Å². The molecule has 26 heavy (non-hydrogen) atoms. The molecule has 1 aliphatic heterocycles. The highest BCUT2D eigenvalue weighted by molar-refractivity contribution is 6.30. The summed E-state index contributed by atoms with van der Waals surface area (Å²) in [5.74, 6) is 0.177. The lowest BCUT2D eigenvalue weighted by Gasteiger charge is -2.27. The van der Waals surface area contributed by atoms with Crippen LogP contribution in [0.15, 0.2) is 53.3 Å². The fourth-order valence-corrected chi connectivity index (χ4v) is 3.36. The Labute approximate surface area is 155 Å². The summed E-state index contributed by atoms with van der Waals surface area (Å²) in [5.41, 5.74) is 3.14. The zero-order valence-corrected chi connectivity index (χ0v) is 14.8. The minimum Gasteiger partial charge on any atom is -0.306 e. The van der Waals surface area contributed by atoms with Crippen LogP contribution in [-0.2, 0) is 19.5 Å². The maximum absolute atomic E-state index is 13.6. The van der Waals surface area contributed by atoms with E-state index in [0.717, 1.165) is 23.4 Å². The normalized spacial score (nSPS) is 14.2. The quantitative estimate of drug-likeness (QED) is 0.764. The van der Waals surface area contributed by atoms with Crippen molar-refractivity contribution in [1.82, 2.24) is 14.9 Å². The maximum Gasteiger partial charge on any atom is 0.255 e. The van der Waals surface area contributed by atoms with Crippen molar-refractivity contribution in [2.24, 2.45) is 0 Å². The molecule has 0 saturated heterocycles. The van der Waals surface area contributed by atoms with Crippen molar-refractivity contribution in [3.05, 3.63) is 86.5 Å². The van der Waals surface area contributed by atoms with Crippen molar-refractivity contribution in [2.75, 3.05) is 6.54 Å². The summed E-state index contributed by atoms with van der Waals surface area (Å²) in [6.07, 6.45) is 0.690. The monoisotopic (exact) mass is 369 g/mol. The molecule has 0 amide bonds. The van der Waals surface area contributed by atoms with Gasteiger partial charge in [-0.05, 0) is 17.7 Å². The molecule has 2 heterocycles. The zero-order valence-electron chi connectivity index (χ0n) is 14.0. The average Bonchev–Trinajstić information content (AvgIpc) is 2.66. The Morgan fingerprint density at radius 3 is 2.77 bits per heavy atom. The number of benzene rings is 2. The second-order valence-electron chi connectivity index (χ2n) is 6.41. The largest absolute Gasteiger partial charge is 0.306 e. The van der Waals surface area contributed by atoms with Gasteiger partial charge in [-0.2, -0.15) is 0 Å². The van der Waals surface area contributed by atoms with E-state index in [9.17, 15) is 9.18 Å². The summed E-state index contributed by atoms with van der Waals surface area (Å²) < 4.78 is 13.6. The third-order valence-corrected chi connectivity index (χ3v) is 4.89. The first-order valence-corrected chi connectivity index (χ1v) is 8.82. The molecule has 0 unspecified atom stereocenters. The number of aromatic nitrogens is 2. The Bertz CT molecular complexity index is 1000. The van der Waals surface area contributed by atoms with Gasteiger partial charge in [0.25, 0.3) is 5.56 Å². The lowest BCUT2D eigenvalue weighted by atomic mass is 10.1. The number of nitrogens with zero attached hydrogens (tertiary/aromatic N) is 2. The average molecular weight is 370 g/mol. The molecule has 0 spiro atoms. The van der Waals surface area contributed by atoms with E-state index < -0.39 is 5.82 Å². The molecule has 4 rings (SSSR count). The predicted octanol–water partition coefficient (Wildman–Crippen LogP) is 3.79. The van der Waals surface area contributed by atoms with E-state index >= 15 is 0 Å². The van der Waals surface area contributed by atoms with Crippen LogP contribution >= 0.6 is 11.6 Å². The maximum atomic E-state index is 13.6. The van der Waals surface area contributed by atoms with Crippen LogP contribution in [0.3, 0.4) is 0 Å². The molecule has 6 heteroatoms. The van der Waals surface area contributed by atoms with Gasteiger partial charge >= 0.3 is 0 Å². The molecule has 2 aromatic carbocycles. The van der Waals surface area contributed by atoms with Crippen molar-refractivity contribution < 1.29 is 4.39 Å². The van der Waals surface area contributed by atoms with Gasteiger partial charge in [0.1, 0.15) is 11.6 Å². The summed E-state index contributed by atoms with van der Waals surface area (Å²) in [5, 5.41) is 0.117. The molecule has 4 nitrogen and oxygen atoms in total. The highest BCUT2D eigenvalue weighted by Crippen LogP contribution is 2.21. The lowest BCUT2D eigenvalue weighted by molar-refractivity contribution is 0.241. The molecule has 0 aliphatic carbocycles. The fraction of sp³-hybridized carbons (Fsp3) is 0.200. The lowest BCUT2D eigenvalue weighted by Crippen LogP contribution is -2.35. The second-order valence-corrected chi connectivity index (χ2v) is 6.82. The molecule has 0 atom stereocenters. The van der Waals surface area contributed by atoms with Crippen molar-refractivity contribution in [2.45, 2.75) is 19.5 Å². The van der Waals surface area contributed by atoms with Crippen LogP contribution in [0.25, 0.3) is 11.4 Å². The Morgan fingerprint density at radius 2 is 2.00 bits per heavy atom. The standard InChI is InChI=1S/C20H17ClFN3O/c21-16-7-6-13(10-17(16)22)11-25-9-8-18-15(12-25)20(26)24-19(23-18)14-4-2-1-3-5-14/h1-7,10H,8-9,11-12H2,(H,23,24,26).